The highest BCUT2D eigenvalue weighted by molar-refractivity contribution is 6.31. The van der Waals surface area contributed by atoms with Crippen LogP contribution in [0.15, 0.2) is 18.2 Å². The van der Waals surface area contributed by atoms with Crippen molar-refractivity contribution in [1.82, 2.24) is 0 Å². The fourth-order valence-corrected chi connectivity index (χ4v) is 2.18. The molecule has 0 heterocycles. The van der Waals surface area contributed by atoms with E-state index in [9.17, 15) is 0 Å². The van der Waals surface area contributed by atoms with Crippen molar-refractivity contribution in [3.8, 4) is 0 Å². The number of halogens is 1. The molecule has 13 heavy (non-hydrogen) atoms. The standard InChI is InChI=1S/C12H17Cl/c1-5-9-7-6-8-10(13)11(9)12(2,3)4/h6-8H,5H2,1-4H3. The zero-order valence-corrected chi connectivity index (χ0v) is 9.57. The maximum absolute atomic E-state index is 6.19. The molecule has 0 atom stereocenters. The van der Waals surface area contributed by atoms with E-state index in [4.69, 9.17) is 11.6 Å². The summed E-state index contributed by atoms with van der Waals surface area (Å²) in [6.07, 6.45) is 1.05. The van der Waals surface area contributed by atoms with Crippen LogP contribution >= 0.6 is 11.6 Å². The molecule has 0 saturated heterocycles. The lowest BCUT2D eigenvalue weighted by molar-refractivity contribution is 0.583. The molecule has 0 aliphatic carbocycles. The van der Waals surface area contributed by atoms with Crippen molar-refractivity contribution in [1.29, 1.82) is 0 Å². The van der Waals surface area contributed by atoms with E-state index >= 15 is 0 Å². The maximum Gasteiger partial charge on any atom is 0.0446 e. The Balaban J connectivity index is 3.32. The molecule has 0 unspecified atom stereocenters. The third-order valence-corrected chi connectivity index (χ3v) is 2.55. The van der Waals surface area contributed by atoms with Crippen LogP contribution in [0.1, 0.15) is 38.8 Å². The molecule has 0 nitrogen and oxygen atoms in total. The van der Waals surface area contributed by atoms with E-state index in [1.165, 1.54) is 11.1 Å². The third kappa shape index (κ3) is 2.25. The Kier molecular flexibility index (Phi) is 3.02. The summed E-state index contributed by atoms with van der Waals surface area (Å²) in [5.74, 6) is 0. The number of hydrogen-bond acceptors (Lipinski definition) is 0. The van der Waals surface area contributed by atoms with Crippen molar-refractivity contribution >= 4 is 11.6 Å². The summed E-state index contributed by atoms with van der Waals surface area (Å²) in [5, 5.41) is 0.895. The summed E-state index contributed by atoms with van der Waals surface area (Å²) in [6, 6.07) is 6.16. The van der Waals surface area contributed by atoms with Gasteiger partial charge in [0.15, 0.2) is 0 Å². The predicted octanol–water partition coefficient (Wildman–Crippen LogP) is 4.20. The number of aryl methyl sites for hydroxylation is 1. The Labute approximate surface area is 85.9 Å². The monoisotopic (exact) mass is 196 g/mol. The summed E-state index contributed by atoms with van der Waals surface area (Å²) >= 11 is 6.19. The molecule has 1 heteroatoms. The smallest absolute Gasteiger partial charge is 0.0446 e. The van der Waals surface area contributed by atoms with Crippen molar-refractivity contribution in [2.75, 3.05) is 0 Å². The van der Waals surface area contributed by atoms with Gasteiger partial charge >= 0.3 is 0 Å². The summed E-state index contributed by atoms with van der Waals surface area (Å²) in [5.41, 5.74) is 2.79. The van der Waals surface area contributed by atoms with Crippen molar-refractivity contribution < 1.29 is 0 Å². The van der Waals surface area contributed by atoms with Gasteiger partial charge in [0, 0.05) is 5.02 Å². The lowest BCUT2D eigenvalue weighted by Crippen LogP contribution is -2.14. The molecule has 0 saturated carbocycles. The third-order valence-electron chi connectivity index (χ3n) is 2.23. The lowest BCUT2D eigenvalue weighted by Gasteiger charge is -2.23. The average Bonchev–Trinajstić information content (AvgIpc) is 2.01. The molecule has 0 bridgehead atoms. The fourth-order valence-electron chi connectivity index (χ4n) is 1.70. The van der Waals surface area contributed by atoms with E-state index in [0.29, 0.717) is 0 Å². The number of rotatable bonds is 1. The van der Waals surface area contributed by atoms with Crippen LogP contribution in [0.2, 0.25) is 5.02 Å². The maximum atomic E-state index is 6.19. The van der Waals surface area contributed by atoms with E-state index in [0.717, 1.165) is 11.4 Å². The highest BCUT2D eigenvalue weighted by atomic mass is 35.5. The molecule has 1 rings (SSSR count). The van der Waals surface area contributed by atoms with Gasteiger partial charge in [-0.1, -0.05) is 51.4 Å². The van der Waals surface area contributed by atoms with Crippen molar-refractivity contribution in [3.05, 3.63) is 34.3 Å². The van der Waals surface area contributed by atoms with Crippen LogP contribution in [0.25, 0.3) is 0 Å². The SMILES string of the molecule is CCc1cccc(Cl)c1C(C)(C)C. The van der Waals surface area contributed by atoms with Crippen LogP contribution in [0.4, 0.5) is 0 Å². The van der Waals surface area contributed by atoms with Gasteiger partial charge in [0.25, 0.3) is 0 Å². The van der Waals surface area contributed by atoms with Crippen LogP contribution in [0.5, 0.6) is 0 Å². The summed E-state index contributed by atoms with van der Waals surface area (Å²) in [6.45, 7) is 8.77. The van der Waals surface area contributed by atoms with E-state index in [1.807, 2.05) is 12.1 Å². The largest absolute Gasteiger partial charge is 0.0840 e. The first-order valence-electron chi connectivity index (χ1n) is 4.74. The number of benzene rings is 1. The van der Waals surface area contributed by atoms with Gasteiger partial charge in [-0.25, -0.2) is 0 Å². The van der Waals surface area contributed by atoms with Crippen LogP contribution in [0.3, 0.4) is 0 Å². The quantitative estimate of drug-likeness (QED) is 0.632. The molecule has 0 aliphatic rings. The van der Waals surface area contributed by atoms with Gasteiger partial charge in [-0.3, -0.25) is 0 Å². The molecular formula is C12H17Cl. The molecule has 72 valence electrons. The fraction of sp³-hybridized carbons (Fsp3) is 0.500. The van der Waals surface area contributed by atoms with Crippen LogP contribution in [-0.4, -0.2) is 0 Å². The minimum atomic E-state index is 0.143. The van der Waals surface area contributed by atoms with Crippen molar-refractivity contribution in [2.45, 2.75) is 39.5 Å². The lowest BCUT2D eigenvalue weighted by atomic mass is 9.83. The molecule has 0 aromatic heterocycles. The van der Waals surface area contributed by atoms with Gasteiger partial charge in [-0.05, 0) is 29.0 Å². The second kappa shape index (κ2) is 3.71. The normalized spacial score (nSPS) is 11.8. The van der Waals surface area contributed by atoms with Crippen LogP contribution < -0.4 is 0 Å². The predicted molar refractivity (Wildman–Crippen MR) is 59.5 cm³/mol. The minimum absolute atomic E-state index is 0.143. The van der Waals surface area contributed by atoms with Crippen LogP contribution in [0, 0.1) is 0 Å². The Bertz CT molecular complexity index is 294. The minimum Gasteiger partial charge on any atom is -0.0840 e. The van der Waals surface area contributed by atoms with Gasteiger partial charge < -0.3 is 0 Å². The van der Waals surface area contributed by atoms with Gasteiger partial charge in [0.2, 0.25) is 0 Å². The van der Waals surface area contributed by atoms with Crippen LogP contribution in [-0.2, 0) is 11.8 Å². The van der Waals surface area contributed by atoms with Gasteiger partial charge in [0.05, 0.1) is 0 Å². The van der Waals surface area contributed by atoms with E-state index in [-0.39, 0.29) is 5.41 Å². The highest BCUT2D eigenvalue weighted by Crippen LogP contribution is 2.32. The average molecular weight is 197 g/mol. The van der Waals surface area contributed by atoms with E-state index in [2.05, 4.69) is 33.8 Å². The zero-order chi connectivity index (χ0) is 10.1. The van der Waals surface area contributed by atoms with E-state index < -0.39 is 0 Å². The molecule has 0 fully saturated rings. The highest BCUT2D eigenvalue weighted by Gasteiger charge is 2.19. The summed E-state index contributed by atoms with van der Waals surface area (Å²) in [7, 11) is 0. The Hall–Kier alpha value is -0.490. The second-order valence-corrected chi connectivity index (χ2v) is 4.78. The van der Waals surface area contributed by atoms with E-state index in [1.54, 1.807) is 0 Å². The first kappa shape index (κ1) is 10.6. The van der Waals surface area contributed by atoms with Crippen molar-refractivity contribution in [3.63, 3.8) is 0 Å². The Morgan fingerprint density at radius 3 is 2.23 bits per heavy atom. The molecule has 0 spiro atoms. The first-order valence-corrected chi connectivity index (χ1v) is 5.12. The molecule has 0 aliphatic heterocycles. The molecule has 0 N–H and O–H groups in total. The zero-order valence-electron chi connectivity index (χ0n) is 8.82. The van der Waals surface area contributed by atoms with Gasteiger partial charge in [0.1, 0.15) is 0 Å². The first-order chi connectivity index (χ1) is 5.96. The molecule has 1 aromatic carbocycles. The van der Waals surface area contributed by atoms with Gasteiger partial charge in [-0.15, -0.1) is 0 Å². The summed E-state index contributed by atoms with van der Waals surface area (Å²) in [4.78, 5) is 0. The molecule has 1 aromatic rings. The van der Waals surface area contributed by atoms with Crippen molar-refractivity contribution in [2.24, 2.45) is 0 Å². The summed E-state index contributed by atoms with van der Waals surface area (Å²) < 4.78 is 0. The Morgan fingerprint density at radius 2 is 1.85 bits per heavy atom. The second-order valence-electron chi connectivity index (χ2n) is 4.38. The number of hydrogen-bond donors (Lipinski definition) is 0. The Morgan fingerprint density at radius 1 is 1.23 bits per heavy atom. The topological polar surface area (TPSA) is 0 Å². The molecular weight excluding hydrogens is 180 g/mol. The molecule has 0 radical (unpaired) electrons. The molecule has 0 amide bonds. The van der Waals surface area contributed by atoms with Gasteiger partial charge in [-0.2, -0.15) is 0 Å².